The molecule has 0 atom stereocenters. The van der Waals surface area contributed by atoms with Gasteiger partial charge in [0.05, 0.1) is 9.88 Å². The molecule has 0 aliphatic heterocycles. The molecule has 1 aromatic carbocycles. The molecule has 1 saturated carbocycles. The second-order valence-electron chi connectivity index (χ2n) is 4.97. The predicted octanol–water partition coefficient (Wildman–Crippen LogP) is 1.89. The van der Waals surface area contributed by atoms with Gasteiger partial charge in [-0.05, 0) is 30.5 Å². The van der Waals surface area contributed by atoms with Crippen LogP contribution < -0.4 is 10.5 Å². The molecule has 1 aliphatic rings. The Morgan fingerprint density at radius 2 is 1.81 bits per heavy atom. The Labute approximate surface area is 125 Å². The highest BCUT2D eigenvalue weighted by Crippen LogP contribution is 2.49. The second-order valence-corrected chi connectivity index (χ2v) is 7.18. The molecule has 1 fully saturated rings. The third-order valence-corrected chi connectivity index (χ3v) is 4.93. The Bertz CT molecular complexity index is 650. The van der Waals surface area contributed by atoms with Crippen molar-refractivity contribution in [2.24, 2.45) is 5.73 Å². The van der Waals surface area contributed by atoms with Gasteiger partial charge in [-0.3, -0.25) is 0 Å². The molecule has 1 aliphatic carbocycles. The molecule has 2 rings (SSSR count). The third-order valence-electron chi connectivity index (χ3n) is 3.23. The van der Waals surface area contributed by atoms with Crippen LogP contribution in [-0.2, 0) is 16.4 Å². The van der Waals surface area contributed by atoms with E-state index in [0.717, 1.165) is 0 Å². The quantitative estimate of drug-likeness (QED) is 0.804. The van der Waals surface area contributed by atoms with Crippen molar-refractivity contribution in [3.05, 3.63) is 29.8 Å². The van der Waals surface area contributed by atoms with Crippen LogP contribution >= 0.6 is 12.2 Å². The topological polar surface area (TPSA) is 72.2 Å². The number of hydrogen-bond donors (Lipinski definition) is 2. The molecule has 116 valence electrons. The van der Waals surface area contributed by atoms with Gasteiger partial charge in [0.15, 0.2) is 0 Å². The van der Waals surface area contributed by atoms with Crippen molar-refractivity contribution in [2.45, 2.75) is 35.9 Å². The zero-order valence-electron chi connectivity index (χ0n) is 10.8. The van der Waals surface area contributed by atoms with Crippen LogP contribution in [0.4, 0.5) is 13.2 Å². The summed E-state index contributed by atoms with van der Waals surface area (Å²) in [5, 5.41) is 0. The van der Waals surface area contributed by atoms with Gasteiger partial charge in [-0.1, -0.05) is 24.4 Å². The lowest BCUT2D eigenvalue weighted by molar-refractivity contribution is -0.160. The Balaban J connectivity index is 2.19. The molecule has 0 aromatic heterocycles. The van der Waals surface area contributed by atoms with Crippen molar-refractivity contribution in [3.63, 3.8) is 0 Å². The number of alkyl halides is 3. The van der Waals surface area contributed by atoms with Crippen LogP contribution in [0.25, 0.3) is 0 Å². The number of sulfonamides is 1. The summed E-state index contributed by atoms with van der Waals surface area (Å²) < 4.78 is 64.2. The van der Waals surface area contributed by atoms with Crippen LogP contribution in [0.1, 0.15) is 18.4 Å². The number of benzene rings is 1. The first kappa shape index (κ1) is 16.2. The van der Waals surface area contributed by atoms with E-state index in [2.05, 4.69) is 0 Å². The van der Waals surface area contributed by atoms with Crippen LogP contribution in [0.3, 0.4) is 0 Å². The van der Waals surface area contributed by atoms with Crippen LogP contribution in [0.5, 0.6) is 0 Å². The fraction of sp³-hybridized carbons (Fsp3) is 0.417. The van der Waals surface area contributed by atoms with Crippen molar-refractivity contribution in [3.8, 4) is 0 Å². The molecular weight excluding hydrogens is 325 g/mol. The molecule has 0 spiro atoms. The molecule has 0 amide bonds. The zero-order valence-corrected chi connectivity index (χ0v) is 12.4. The Morgan fingerprint density at radius 1 is 1.29 bits per heavy atom. The maximum Gasteiger partial charge on any atom is 0.407 e. The summed E-state index contributed by atoms with van der Waals surface area (Å²) in [4.78, 5) is 0.0300. The second kappa shape index (κ2) is 5.22. The number of halogens is 3. The lowest BCUT2D eigenvalue weighted by Gasteiger charge is -2.20. The zero-order chi connectivity index (χ0) is 15.9. The standard InChI is InChI=1S/C12H13F3N2O2S2/c13-12(14,15)11(5-6-11)17-21(18,19)9-3-1-8(2-4-9)7-10(16)20/h1-4,17H,5-7H2,(H2,16,20). The maximum atomic E-state index is 12.8. The van der Waals surface area contributed by atoms with Crippen LogP contribution in [-0.4, -0.2) is 25.1 Å². The maximum absolute atomic E-state index is 12.8. The summed E-state index contributed by atoms with van der Waals surface area (Å²) in [5.41, 5.74) is 3.74. The number of nitrogens with one attached hydrogen (secondary N) is 1. The summed E-state index contributed by atoms with van der Waals surface area (Å²) in [5.74, 6) is 0. The van der Waals surface area contributed by atoms with Gasteiger partial charge in [0, 0.05) is 6.42 Å². The molecule has 0 radical (unpaired) electrons. The Hall–Kier alpha value is -1.19. The van der Waals surface area contributed by atoms with Gasteiger partial charge in [-0.25, -0.2) is 8.42 Å². The van der Waals surface area contributed by atoms with Crippen molar-refractivity contribution in [1.29, 1.82) is 0 Å². The van der Waals surface area contributed by atoms with E-state index in [1.165, 1.54) is 24.3 Å². The van der Waals surface area contributed by atoms with E-state index in [0.29, 0.717) is 12.0 Å². The van der Waals surface area contributed by atoms with Gasteiger partial charge < -0.3 is 5.73 Å². The van der Waals surface area contributed by atoms with Gasteiger partial charge in [0.25, 0.3) is 0 Å². The summed E-state index contributed by atoms with van der Waals surface area (Å²) in [7, 11) is -4.22. The molecule has 0 bridgehead atoms. The SMILES string of the molecule is NC(=S)Cc1ccc(S(=O)(=O)NC2(C(F)(F)F)CC2)cc1. The van der Waals surface area contributed by atoms with Crippen molar-refractivity contribution < 1.29 is 21.6 Å². The van der Waals surface area contributed by atoms with Crippen molar-refractivity contribution in [2.75, 3.05) is 0 Å². The molecule has 9 heteroatoms. The van der Waals surface area contributed by atoms with E-state index < -0.39 is 21.7 Å². The molecule has 3 N–H and O–H groups in total. The van der Waals surface area contributed by atoms with E-state index in [1.807, 2.05) is 0 Å². The van der Waals surface area contributed by atoms with E-state index in [9.17, 15) is 21.6 Å². The highest BCUT2D eigenvalue weighted by Gasteiger charge is 2.65. The fourth-order valence-corrected chi connectivity index (χ4v) is 3.49. The van der Waals surface area contributed by atoms with E-state index >= 15 is 0 Å². The number of nitrogens with two attached hydrogens (primary N) is 1. The van der Waals surface area contributed by atoms with Crippen LogP contribution in [0, 0.1) is 0 Å². The number of hydrogen-bond acceptors (Lipinski definition) is 3. The average molecular weight is 338 g/mol. The first-order valence-corrected chi connectivity index (χ1v) is 7.93. The predicted molar refractivity (Wildman–Crippen MR) is 75.3 cm³/mol. The highest BCUT2D eigenvalue weighted by atomic mass is 32.2. The van der Waals surface area contributed by atoms with E-state index in [-0.39, 0.29) is 22.7 Å². The van der Waals surface area contributed by atoms with E-state index in [1.54, 1.807) is 4.72 Å². The summed E-state index contributed by atoms with van der Waals surface area (Å²) >= 11 is 4.73. The third kappa shape index (κ3) is 3.53. The first-order valence-electron chi connectivity index (χ1n) is 6.04. The van der Waals surface area contributed by atoms with Gasteiger partial charge in [0.2, 0.25) is 10.0 Å². The summed E-state index contributed by atoms with van der Waals surface area (Å²) in [6.07, 6.45) is -4.77. The lowest BCUT2D eigenvalue weighted by Crippen LogP contribution is -2.47. The minimum absolute atomic E-state index is 0.218. The molecular formula is C12H13F3N2O2S2. The summed E-state index contributed by atoms with van der Waals surface area (Å²) in [6, 6.07) is 5.42. The van der Waals surface area contributed by atoms with Crippen molar-refractivity contribution in [1.82, 2.24) is 4.72 Å². The first-order chi connectivity index (χ1) is 9.56. The summed E-state index contributed by atoms with van der Waals surface area (Å²) in [6.45, 7) is 0. The van der Waals surface area contributed by atoms with E-state index in [4.69, 9.17) is 18.0 Å². The molecule has 0 unspecified atom stereocenters. The molecule has 4 nitrogen and oxygen atoms in total. The molecule has 0 saturated heterocycles. The average Bonchev–Trinajstić information content (AvgIpc) is 3.08. The highest BCUT2D eigenvalue weighted by molar-refractivity contribution is 7.89. The number of thiocarbonyl (C=S) groups is 1. The van der Waals surface area contributed by atoms with Gasteiger partial charge in [-0.2, -0.15) is 17.9 Å². The normalized spacial score (nSPS) is 17.5. The van der Waals surface area contributed by atoms with Crippen LogP contribution in [0.15, 0.2) is 29.2 Å². The van der Waals surface area contributed by atoms with Gasteiger partial charge >= 0.3 is 6.18 Å². The van der Waals surface area contributed by atoms with Gasteiger partial charge in [0.1, 0.15) is 5.54 Å². The smallest absolute Gasteiger partial charge is 0.393 e. The van der Waals surface area contributed by atoms with Gasteiger partial charge in [-0.15, -0.1) is 0 Å². The van der Waals surface area contributed by atoms with Crippen LogP contribution in [0.2, 0.25) is 0 Å². The lowest BCUT2D eigenvalue weighted by atomic mass is 10.1. The fourth-order valence-electron chi connectivity index (χ4n) is 1.87. The van der Waals surface area contributed by atoms with Crippen molar-refractivity contribution >= 4 is 27.2 Å². The molecule has 21 heavy (non-hydrogen) atoms. The monoisotopic (exact) mass is 338 g/mol. The Morgan fingerprint density at radius 3 is 2.19 bits per heavy atom. The molecule has 1 aromatic rings. The largest absolute Gasteiger partial charge is 0.407 e. The number of rotatable bonds is 5. The molecule has 0 heterocycles. The Kier molecular flexibility index (Phi) is 4.02. The minimum atomic E-state index is -4.59. The minimum Gasteiger partial charge on any atom is -0.393 e.